The van der Waals surface area contributed by atoms with Crippen LogP contribution < -0.4 is 0 Å². The van der Waals surface area contributed by atoms with Crippen LogP contribution in [-0.2, 0) is 6.42 Å². The molecule has 0 saturated heterocycles. The fraction of sp³-hybridized carbons (Fsp3) is 0.647. The van der Waals surface area contributed by atoms with E-state index >= 15 is 0 Å². The lowest BCUT2D eigenvalue weighted by molar-refractivity contribution is -0.0344. The molecule has 2 nitrogen and oxygen atoms in total. The molecule has 0 aliphatic heterocycles. The quantitative estimate of drug-likeness (QED) is 0.790. The van der Waals surface area contributed by atoms with Gasteiger partial charge in [-0.05, 0) is 49.7 Å². The Hall–Kier alpha value is -1.00. The van der Waals surface area contributed by atoms with Crippen molar-refractivity contribution in [3.05, 3.63) is 35.4 Å². The van der Waals surface area contributed by atoms with Gasteiger partial charge in [0.2, 0.25) is 0 Å². The second-order valence-electron chi connectivity index (χ2n) is 5.44. The summed E-state index contributed by atoms with van der Waals surface area (Å²) in [6.45, 7) is 9.82. The SMILES string of the molecule is CCN(CC)C(CC)(CC)C(O)Cc1cc(F)ccc1F. The number of aliphatic hydroxyl groups is 1. The Kier molecular flexibility index (Phi) is 6.75. The number of likely N-dealkylation sites (N-methyl/N-ethyl adjacent to an activating group) is 1. The van der Waals surface area contributed by atoms with Crippen LogP contribution in [0.2, 0.25) is 0 Å². The summed E-state index contributed by atoms with van der Waals surface area (Å²) < 4.78 is 27.1. The Balaban J connectivity index is 3.06. The van der Waals surface area contributed by atoms with Gasteiger partial charge in [0.25, 0.3) is 0 Å². The fourth-order valence-corrected chi connectivity index (χ4v) is 3.33. The molecule has 1 rings (SSSR count). The highest BCUT2D eigenvalue weighted by Gasteiger charge is 2.39. The van der Waals surface area contributed by atoms with E-state index in [1.807, 2.05) is 13.8 Å². The first-order valence-corrected chi connectivity index (χ1v) is 7.82. The fourth-order valence-electron chi connectivity index (χ4n) is 3.33. The molecule has 0 heterocycles. The number of benzene rings is 1. The lowest BCUT2D eigenvalue weighted by Gasteiger charge is -2.46. The van der Waals surface area contributed by atoms with Crippen LogP contribution in [0.25, 0.3) is 0 Å². The van der Waals surface area contributed by atoms with E-state index in [0.29, 0.717) is 0 Å². The van der Waals surface area contributed by atoms with Gasteiger partial charge in [0.1, 0.15) is 11.6 Å². The summed E-state index contributed by atoms with van der Waals surface area (Å²) in [6, 6.07) is 3.40. The summed E-state index contributed by atoms with van der Waals surface area (Å²) in [6.07, 6.45) is 0.928. The van der Waals surface area contributed by atoms with Gasteiger partial charge in [-0.1, -0.05) is 27.7 Å². The summed E-state index contributed by atoms with van der Waals surface area (Å²) >= 11 is 0. The van der Waals surface area contributed by atoms with Gasteiger partial charge < -0.3 is 5.11 Å². The van der Waals surface area contributed by atoms with E-state index < -0.39 is 23.3 Å². The standard InChI is InChI=1S/C17H27F2NO/c1-5-17(6-2,20(7-3)8-4)16(21)12-13-11-14(18)9-10-15(13)19/h9-11,16,21H,5-8,12H2,1-4H3. The molecular weight excluding hydrogens is 272 g/mol. The minimum Gasteiger partial charge on any atom is -0.391 e. The van der Waals surface area contributed by atoms with Gasteiger partial charge in [-0.2, -0.15) is 0 Å². The Morgan fingerprint density at radius 2 is 1.67 bits per heavy atom. The van der Waals surface area contributed by atoms with Crippen LogP contribution >= 0.6 is 0 Å². The number of rotatable bonds is 8. The van der Waals surface area contributed by atoms with Crippen LogP contribution in [0.15, 0.2) is 18.2 Å². The van der Waals surface area contributed by atoms with E-state index in [1.54, 1.807) is 0 Å². The first-order chi connectivity index (χ1) is 9.94. The zero-order valence-corrected chi connectivity index (χ0v) is 13.5. The average molecular weight is 299 g/mol. The molecule has 0 aliphatic carbocycles. The third-order valence-electron chi connectivity index (χ3n) is 4.66. The Morgan fingerprint density at radius 1 is 1.10 bits per heavy atom. The van der Waals surface area contributed by atoms with Gasteiger partial charge in [-0.3, -0.25) is 4.90 Å². The van der Waals surface area contributed by atoms with Gasteiger partial charge in [-0.15, -0.1) is 0 Å². The highest BCUT2D eigenvalue weighted by atomic mass is 19.1. The number of hydrogen-bond acceptors (Lipinski definition) is 2. The molecule has 0 aromatic heterocycles. The topological polar surface area (TPSA) is 23.5 Å². The van der Waals surface area contributed by atoms with Gasteiger partial charge in [0.15, 0.2) is 0 Å². The van der Waals surface area contributed by atoms with E-state index in [1.165, 1.54) is 6.07 Å². The van der Waals surface area contributed by atoms with E-state index in [0.717, 1.165) is 38.1 Å². The Labute approximate surface area is 126 Å². The third kappa shape index (κ3) is 3.80. The molecule has 0 aliphatic rings. The first kappa shape index (κ1) is 18.1. The molecule has 0 amide bonds. The van der Waals surface area contributed by atoms with Crippen molar-refractivity contribution < 1.29 is 13.9 Å². The molecule has 1 aromatic carbocycles. The highest BCUT2D eigenvalue weighted by Crippen LogP contribution is 2.30. The van der Waals surface area contributed by atoms with Crippen molar-refractivity contribution in [2.45, 2.75) is 58.6 Å². The second-order valence-corrected chi connectivity index (χ2v) is 5.44. The van der Waals surface area contributed by atoms with Crippen LogP contribution in [0.3, 0.4) is 0 Å². The van der Waals surface area contributed by atoms with Crippen molar-refractivity contribution in [3.8, 4) is 0 Å². The monoisotopic (exact) mass is 299 g/mol. The Bertz CT molecular complexity index is 442. The maximum Gasteiger partial charge on any atom is 0.126 e. The van der Waals surface area contributed by atoms with Crippen molar-refractivity contribution in [2.24, 2.45) is 0 Å². The molecule has 0 bridgehead atoms. The second kappa shape index (κ2) is 7.85. The number of halogens is 2. The van der Waals surface area contributed by atoms with Crippen molar-refractivity contribution in [1.29, 1.82) is 0 Å². The van der Waals surface area contributed by atoms with Crippen LogP contribution in [-0.4, -0.2) is 34.7 Å². The summed E-state index contributed by atoms with van der Waals surface area (Å²) in [5, 5.41) is 10.7. The molecule has 21 heavy (non-hydrogen) atoms. The number of nitrogens with zero attached hydrogens (tertiary/aromatic N) is 1. The number of aliphatic hydroxyl groups excluding tert-OH is 1. The van der Waals surface area contributed by atoms with Crippen molar-refractivity contribution in [3.63, 3.8) is 0 Å². The predicted octanol–water partition coefficient (Wildman–Crippen LogP) is 3.77. The van der Waals surface area contributed by atoms with Crippen LogP contribution in [0.1, 0.15) is 46.1 Å². The van der Waals surface area contributed by atoms with E-state index in [9.17, 15) is 13.9 Å². The third-order valence-corrected chi connectivity index (χ3v) is 4.66. The summed E-state index contributed by atoms with van der Waals surface area (Å²) in [5.41, 5.74) is -0.164. The molecular formula is C17H27F2NO. The zero-order chi connectivity index (χ0) is 16.0. The summed E-state index contributed by atoms with van der Waals surface area (Å²) in [4.78, 5) is 2.22. The van der Waals surface area contributed by atoms with Crippen LogP contribution in [0.5, 0.6) is 0 Å². The highest BCUT2D eigenvalue weighted by molar-refractivity contribution is 5.20. The Morgan fingerprint density at radius 3 is 2.14 bits per heavy atom. The van der Waals surface area contributed by atoms with Crippen LogP contribution in [0, 0.1) is 11.6 Å². The van der Waals surface area contributed by atoms with E-state index in [-0.39, 0.29) is 12.0 Å². The smallest absolute Gasteiger partial charge is 0.126 e. The molecule has 0 saturated carbocycles. The minimum absolute atomic E-state index is 0.127. The van der Waals surface area contributed by atoms with Gasteiger partial charge >= 0.3 is 0 Å². The molecule has 120 valence electrons. The lowest BCUT2D eigenvalue weighted by Crippen LogP contribution is -2.56. The predicted molar refractivity (Wildman–Crippen MR) is 82.3 cm³/mol. The first-order valence-electron chi connectivity index (χ1n) is 7.82. The maximum absolute atomic E-state index is 13.8. The molecule has 0 fully saturated rings. The molecule has 1 atom stereocenters. The van der Waals surface area contributed by atoms with Crippen molar-refractivity contribution >= 4 is 0 Å². The van der Waals surface area contributed by atoms with Crippen molar-refractivity contribution in [2.75, 3.05) is 13.1 Å². The summed E-state index contributed by atoms with van der Waals surface area (Å²) in [5.74, 6) is -0.934. The molecule has 1 aromatic rings. The summed E-state index contributed by atoms with van der Waals surface area (Å²) in [7, 11) is 0. The average Bonchev–Trinajstić information content (AvgIpc) is 2.48. The van der Waals surface area contributed by atoms with Crippen LogP contribution in [0.4, 0.5) is 8.78 Å². The normalized spacial score (nSPS) is 13.7. The molecule has 0 spiro atoms. The molecule has 1 N–H and O–H groups in total. The largest absolute Gasteiger partial charge is 0.391 e. The zero-order valence-electron chi connectivity index (χ0n) is 13.5. The van der Waals surface area contributed by atoms with Gasteiger partial charge in [0, 0.05) is 12.0 Å². The minimum atomic E-state index is -0.733. The van der Waals surface area contributed by atoms with Crippen molar-refractivity contribution in [1.82, 2.24) is 4.90 Å². The van der Waals surface area contributed by atoms with E-state index in [2.05, 4.69) is 18.7 Å². The van der Waals surface area contributed by atoms with E-state index in [4.69, 9.17) is 0 Å². The van der Waals surface area contributed by atoms with Gasteiger partial charge in [-0.25, -0.2) is 8.78 Å². The lowest BCUT2D eigenvalue weighted by atomic mass is 9.81. The maximum atomic E-state index is 13.8. The van der Waals surface area contributed by atoms with Gasteiger partial charge in [0.05, 0.1) is 6.10 Å². The molecule has 4 heteroatoms. The molecule has 1 unspecified atom stereocenters. The number of hydrogen-bond donors (Lipinski definition) is 1. The molecule has 0 radical (unpaired) electrons.